The summed E-state index contributed by atoms with van der Waals surface area (Å²) in [5.41, 5.74) is 7.26. The van der Waals surface area contributed by atoms with Gasteiger partial charge in [0.2, 0.25) is 0 Å². The van der Waals surface area contributed by atoms with Crippen molar-refractivity contribution in [3.8, 4) is 0 Å². The van der Waals surface area contributed by atoms with Gasteiger partial charge in [0.1, 0.15) is 11.8 Å². The molecule has 0 saturated carbocycles. The van der Waals surface area contributed by atoms with Gasteiger partial charge in [-0.15, -0.1) is 0 Å². The number of rotatable bonds is 4. The van der Waals surface area contributed by atoms with Crippen LogP contribution in [0.1, 0.15) is 66.2 Å². The van der Waals surface area contributed by atoms with E-state index in [9.17, 15) is 0 Å². The minimum atomic E-state index is -0.0961. The minimum absolute atomic E-state index is 0.00424. The second-order valence-electron chi connectivity index (χ2n) is 7.16. The first-order chi connectivity index (χ1) is 11.9. The van der Waals surface area contributed by atoms with Gasteiger partial charge >= 0.3 is 0 Å². The van der Waals surface area contributed by atoms with E-state index in [1.54, 1.807) is 6.26 Å². The summed E-state index contributed by atoms with van der Waals surface area (Å²) in [4.78, 5) is 10.0. The van der Waals surface area contributed by atoms with Crippen LogP contribution in [0.5, 0.6) is 0 Å². The molecule has 0 spiro atoms. The van der Waals surface area contributed by atoms with Crippen molar-refractivity contribution in [2.75, 3.05) is 0 Å². The molecule has 0 saturated heterocycles. The number of allylic oxidation sites excluding steroid dienone is 5. The lowest BCUT2D eigenvalue weighted by Crippen LogP contribution is -2.32. The second kappa shape index (κ2) is 6.62. The Morgan fingerprint density at radius 1 is 1.24 bits per heavy atom. The molecule has 0 amide bonds. The molecular weight excluding hydrogens is 308 g/mol. The summed E-state index contributed by atoms with van der Waals surface area (Å²) >= 11 is 0. The van der Waals surface area contributed by atoms with Crippen LogP contribution >= 0.6 is 0 Å². The Morgan fingerprint density at radius 2 is 2.00 bits per heavy atom. The summed E-state index contributed by atoms with van der Waals surface area (Å²) in [6.45, 7) is 13.1. The molecule has 25 heavy (non-hydrogen) atoms. The summed E-state index contributed by atoms with van der Waals surface area (Å²) in [5.74, 6) is 0.891. The topological polar surface area (TPSA) is 37.9 Å². The number of nitrogens with zero attached hydrogens (tertiary/aromatic N) is 2. The molecule has 2 heterocycles. The summed E-state index contributed by atoms with van der Waals surface area (Å²) in [6, 6.07) is 3.89. The molecule has 1 aromatic rings. The summed E-state index contributed by atoms with van der Waals surface area (Å²) < 4.78 is 5.50. The molecule has 2 atom stereocenters. The van der Waals surface area contributed by atoms with E-state index in [4.69, 9.17) is 14.4 Å². The fourth-order valence-electron chi connectivity index (χ4n) is 3.54. The van der Waals surface area contributed by atoms with Gasteiger partial charge in [-0.1, -0.05) is 13.8 Å². The van der Waals surface area contributed by atoms with Crippen molar-refractivity contribution in [2.45, 2.75) is 66.0 Å². The predicted molar refractivity (Wildman–Crippen MR) is 106 cm³/mol. The fourth-order valence-corrected chi connectivity index (χ4v) is 3.54. The molecule has 2 unspecified atom stereocenters. The van der Waals surface area contributed by atoms with Gasteiger partial charge in [0, 0.05) is 5.57 Å². The zero-order valence-electron chi connectivity index (χ0n) is 16.2. The Hall–Kier alpha value is -2.16. The predicted octanol–water partition coefficient (Wildman–Crippen LogP) is 6.02. The van der Waals surface area contributed by atoms with E-state index in [0.717, 1.165) is 30.0 Å². The van der Waals surface area contributed by atoms with Crippen LogP contribution in [-0.2, 0) is 0 Å². The molecule has 2 aliphatic rings. The molecule has 0 aromatic carbocycles. The van der Waals surface area contributed by atoms with Crippen LogP contribution in [0.3, 0.4) is 0 Å². The maximum absolute atomic E-state index is 5.50. The van der Waals surface area contributed by atoms with E-state index in [-0.39, 0.29) is 11.6 Å². The minimum Gasteiger partial charge on any atom is -0.467 e. The smallest absolute Gasteiger partial charge is 0.127 e. The summed E-state index contributed by atoms with van der Waals surface area (Å²) in [5, 5.41) is 0. The molecule has 1 aromatic heterocycles. The number of furan rings is 1. The molecule has 3 heteroatoms. The molecule has 132 valence electrons. The van der Waals surface area contributed by atoms with Crippen LogP contribution in [0.25, 0.3) is 0 Å². The average molecular weight is 336 g/mol. The molecule has 1 aliphatic carbocycles. The van der Waals surface area contributed by atoms with Crippen molar-refractivity contribution in [3.63, 3.8) is 0 Å². The second-order valence-corrected chi connectivity index (χ2v) is 7.16. The highest BCUT2D eigenvalue weighted by Gasteiger charge is 2.34. The maximum Gasteiger partial charge on any atom is 0.127 e. The number of aliphatic imine (C=N–C) groups is 2. The number of hydrogen-bond donors (Lipinski definition) is 0. The number of fused-ring (bicyclic) bond motifs is 1. The first-order valence-corrected chi connectivity index (χ1v) is 9.22. The van der Waals surface area contributed by atoms with Gasteiger partial charge in [-0.25, -0.2) is 0 Å². The molecular formula is C22H28N2O. The van der Waals surface area contributed by atoms with Crippen LogP contribution in [0.15, 0.2) is 67.2 Å². The van der Waals surface area contributed by atoms with E-state index < -0.39 is 0 Å². The lowest BCUT2D eigenvalue weighted by atomic mass is 9.77. The van der Waals surface area contributed by atoms with Crippen LogP contribution in [0.2, 0.25) is 0 Å². The van der Waals surface area contributed by atoms with E-state index in [1.165, 1.54) is 22.3 Å². The van der Waals surface area contributed by atoms with Crippen molar-refractivity contribution >= 4 is 11.4 Å². The monoisotopic (exact) mass is 336 g/mol. The molecule has 0 radical (unpaired) electrons. The molecule has 3 nitrogen and oxygen atoms in total. The van der Waals surface area contributed by atoms with Crippen molar-refractivity contribution in [2.24, 2.45) is 9.98 Å². The Balaban J connectivity index is 2.06. The van der Waals surface area contributed by atoms with E-state index >= 15 is 0 Å². The van der Waals surface area contributed by atoms with Crippen molar-refractivity contribution in [1.29, 1.82) is 0 Å². The SMILES string of the molecule is CCC1=CC(=NC(C)c2ccco2)C=C2C1=NC(C)(CC)C(C)=C2C. The lowest BCUT2D eigenvalue weighted by Gasteiger charge is -2.35. The number of hydrogen-bond acceptors (Lipinski definition) is 3. The van der Waals surface area contributed by atoms with Gasteiger partial charge in [0.05, 0.1) is 23.2 Å². The Morgan fingerprint density at radius 3 is 2.60 bits per heavy atom. The van der Waals surface area contributed by atoms with Crippen LogP contribution in [-0.4, -0.2) is 17.0 Å². The quantitative estimate of drug-likeness (QED) is 0.620. The highest BCUT2D eigenvalue weighted by molar-refractivity contribution is 6.26. The molecule has 0 fully saturated rings. The van der Waals surface area contributed by atoms with Crippen LogP contribution in [0, 0.1) is 0 Å². The first kappa shape index (κ1) is 17.7. The third-order valence-electron chi connectivity index (χ3n) is 5.67. The van der Waals surface area contributed by atoms with Gasteiger partial charge < -0.3 is 4.42 Å². The standard InChI is InChI=1S/C22H28N2O/c1-7-17-12-18(23-16(5)20-10-9-11-25-20)13-19-14(3)15(4)22(6,8-2)24-21(17)19/h9-13,16H,7-8H2,1-6H3. The van der Waals surface area contributed by atoms with Gasteiger partial charge in [-0.05, 0) is 81.5 Å². The van der Waals surface area contributed by atoms with Gasteiger partial charge in [-0.2, -0.15) is 0 Å². The molecule has 1 aliphatic heterocycles. The molecule has 3 rings (SSSR count). The van der Waals surface area contributed by atoms with Gasteiger partial charge in [0.25, 0.3) is 0 Å². The Bertz CT molecular complexity index is 818. The fraction of sp³-hybridized carbons (Fsp3) is 0.455. The lowest BCUT2D eigenvalue weighted by molar-refractivity contribution is 0.481. The zero-order chi connectivity index (χ0) is 18.2. The van der Waals surface area contributed by atoms with E-state index in [2.05, 4.69) is 53.7 Å². The van der Waals surface area contributed by atoms with Crippen molar-refractivity contribution in [3.05, 3.63) is 58.6 Å². The normalized spacial score (nSPS) is 26.2. The van der Waals surface area contributed by atoms with E-state index in [0.29, 0.717) is 0 Å². The van der Waals surface area contributed by atoms with Crippen molar-refractivity contribution < 1.29 is 4.42 Å². The van der Waals surface area contributed by atoms with Gasteiger partial charge in [-0.3, -0.25) is 9.98 Å². The largest absolute Gasteiger partial charge is 0.467 e. The number of dihydropyridines is 1. The Labute approximate surface area is 151 Å². The van der Waals surface area contributed by atoms with Crippen LogP contribution < -0.4 is 0 Å². The van der Waals surface area contributed by atoms with Crippen molar-refractivity contribution in [1.82, 2.24) is 0 Å². The molecule has 0 bridgehead atoms. The van der Waals surface area contributed by atoms with Gasteiger partial charge in [0.15, 0.2) is 0 Å². The van der Waals surface area contributed by atoms with Crippen LogP contribution in [0.4, 0.5) is 0 Å². The average Bonchev–Trinajstić information content (AvgIpc) is 3.15. The third-order valence-corrected chi connectivity index (χ3v) is 5.67. The zero-order valence-corrected chi connectivity index (χ0v) is 16.2. The molecule has 0 N–H and O–H groups in total. The third kappa shape index (κ3) is 3.08. The first-order valence-electron chi connectivity index (χ1n) is 9.22. The maximum atomic E-state index is 5.50. The summed E-state index contributed by atoms with van der Waals surface area (Å²) in [7, 11) is 0. The highest BCUT2D eigenvalue weighted by Crippen LogP contribution is 2.39. The Kier molecular flexibility index (Phi) is 4.68. The van der Waals surface area contributed by atoms with E-state index in [1.807, 2.05) is 12.1 Å². The highest BCUT2D eigenvalue weighted by atomic mass is 16.3. The summed E-state index contributed by atoms with van der Waals surface area (Å²) in [6.07, 6.45) is 8.04.